The number of nitrogens with one attached hydrogen (secondary N) is 1. The number of aromatic nitrogens is 2. The maximum absolute atomic E-state index is 4.25. The molecule has 0 spiro atoms. The number of imidazole rings is 1. The minimum Gasteiger partial charge on any atom is -0.338 e. The van der Waals surface area contributed by atoms with Crippen LogP contribution in [0.4, 0.5) is 0 Å². The van der Waals surface area contributed by atoms with E-state index in [0.29, 0.717) is 0 Å². The van der Waals surface area contributed by atoms with Gasteiger partial charge in [-0.25, -0.2) is 4.98 Å². The van der Waals surface area contributed by atoms with Crippen LogP contribution in [0.1, 0.15) is 19.2 Å². The van der Waals surface area contributed by atoms with E-state index in [4.69, 9.17) is 0 Å². The number of nitrogens with zero attached hydrogens (tertiary/aromatic N) is 2. The Kier molecular flexibility index (Phi) is 4.40. The third kappa shape index (κ3) is 3.75. The fraction of sp³-hybridized carbons (Fsp3) is 0.545. The second kappa shape index (κ2) is 5.60. The molecular formula is C11H19N3. The van der Waals surface area contributed by atoms with Gasteiger partial charge in [-0.05, 0) is 19.9 Å². The Bertz CT molecular complexity index is 288. The normalized spacial score (nSPS) is 10.4. The minimum absolute atomic E-state index is 0.984. The van der Waals surface area contributed by atoms with Crippen molar-refractivity contribution in [2.75, 3.05) is 13.1 Å². The molecule has 0 amide bonds. The highest BCUT2D eigenvalue weighted by atomic mass is 15.0. The summed E-state index contributed by atoms with van der Waals surface area (Å²) in [6.45, 7) is 7.91. The Labute approximate surface area is 85.8 Å². The Balaban J connectivity index is 2.10. The first-order valence-electron chi connectivity index (χ1n) is 5.01. The van der Waals surface area contributed by atoms with Gasteiger partial charge in [0.2, 0.25) is 0 Å². The summed E-state index contributed by atoms with van der Waals surface area (Å²) in [5, 5.41) is 3.37. The van der Waals surface area contributed by atoms with Crippen LogP contribution in [0.15, 0.2) is 24.5 Å². The lowest BCUT2D eigenvalue weighted by atomic mass is 10.2. The Morgan fingerprint density at radius 1 is 1.57 bits per heavy atom. The first kappa shape index (κ1) is 11.0. The van der Waals surface area contributed by atoms with Gasteiger partial charge in [0.25, 0.3) is 0 Å². The van der Waals surface area contributed by atoms with E-state index in [1.54, 1.807) is 0 Å². The van der Waals surface area contributed by atoms with Crippen molar-refractivity contribution < 1.29 is 0 Å². The zero-order chi connectivity index (χ0) is 10.4. The topological polar surface area (TPSA) is 29.9 Å². The summed E-state index contributed by atoms with van der Waals surface area (Å²) >= 11 is 0. The van der Waals surface area contributed by atoms with Gasteiger partial charge in [0.15, 0.2) is 0 Å². The molecule has 78 valence electrons. The third-order valence-electron chi connectivity index (χ3n) is 2.17. The van der Waals surface area contributed by atoms with E-state index in [-0.39, 0.29) is 0 Å². The van der Waals surface area contributed by atoms with Crippen molar-refractivity contribution in [2.24, 2.45) is 7.05 Å². The average molecular weight is 193 g/mol. The standard InChI is InChI=1S/C11H19N3/c1-10(2)4-6-12-7-5-11-13-8-9-14(11)3/h8-9,12H,1,4-7H2,2-3H3. The lowest BCUT2D eigenvalue weighted by Crippen LogP contribution is -2.19. The number of rotatable bonds is 6. The summed E-state index contributed by atoms with van der Waals surface area (Å²) in [5.74, 6) is 1.13. The van der Waals surface area contributed by atoms with Gasteiger partial charge in [0.05, 0.1) is 0 Å². The molecule has 1 heterocycles. The molecule has 1 N–H and O–H groups in total. The first-order chi connectivity index (χ1) is 6.70. The van der Waals surface area contributed by atoms with Gasteiger partial charge >= 0.3 is 0 Å². The van der Waals surface area contributed by atoms with Crippen LogP contribution in [0, 0.1) is 0 Å². The molecular weight excluding hydrogens is 174 g/mol. The van der Waals surface area contributed by atoms with E-state index in [1.807, 2.05) is 19.4 Å². The molecule has 0 bridgehead atoms. The van der Waals surface area contributed by atoms with Crippen LogP contribution < -0.4 is 5.32 Å². The molecule has 0 aliphatic rings. The molecule has 0 saturated heterocycles. The molecule has 0 unspecified atom stereocenters. The van der Waals surface area contributed by atoms with Gasteiger partial charge in [-0.3, -0.25) is 0 Å². The predicted molar refractivity (Wildman–Crippen MR) is 59.2 cm³/mol. The molecule has 0 aliphatic heterocycles. The van der Waals surface area contributed by atoms with Crippen LogP contribution in [0.2, 0.25) is 0 Å². The largest absolute Gasteiger partial charge is 0.338 e. The van der Waals surface area contributed by atoms with E-state index < -0.39 is 0 Å². The Morgan fingerprint density at radius 2 is 2.36 bits per heavy atom. The first-order valence-corrected chi connectivity index (χ1v) is 5.01. The number of hydrogen-bond acceptors (Lipinski definition) is 2. The monoisotopic (exact) mass is 193 g/mol. The van der Waals surface area contributed by atoms with Crippen LogP contribution in [-0.4, -0.2) is 22.6 Å². The van der Waals surface area contributed by atoms with Crippen molar-refractivity contribution in [3.05, 3.63) is 30.4 Å². The van der Waals surface area contributed by atoms with Crippen LogP contribution in [0.25, 0.3) is 0 Å². The van der Waals surface area contributed by atoms with Gasteiger partial charge in [0, 0.05) is 32.4 Å². The maximum atomic E-state index is 4.25. The van der Waals surface area contributed by atoms with E-state index in [1.165, 1.54) is 5.57 Å². The summed E-state index contributed by atoms with van der Waals surface area (Å²) in [6.07, 6.45) is 5.85. The van der Waals surface area contributed by atoms with Crippen LogP contribution in [0.3, 0.4) is 0 Å². The van der Waals surface area contributed by atoms with Gasteiger partial charge in [-0.15, -0.1) is 6.58 Å². The molecule has 0 aromatic carbocycles. The average Bonchev–Trinajstić information content (AvgIpc) is 2.51. The molecule has 14 heavy (non-hydrogen) atoms. The van der Waals surface area contributed by atoms with Gasteiger partial charge < -0.3 is 9.88 Å². The highest BCUT2D eigenvalue weighted by Gasteiger charge is 1.97. The van der Waals surface area contributed by atoms with Crippen LogP contribution in [-0.2, 0) is 13.5 Å². The van der Waals surface area contributed by atoms with Gasteiger partial charge in [-0.1, -0.05) is 5.57 Å². The molecule has 3 heteroatoms. The van der Waals surface area contributed by atoms with E-state index in [0.717, 1.165) is 31.8 Å². The van der Waals surface area contributed by atoms with Crippen LogP contribution in [0.5, 0.6) is 0 Å². The van der Waals surface area contributed by atoms with Crippen molar-refractivity contribution in [1.29, 1.82) is 0 Å². The summed E-state index contributed by atoms with van der Waals surface area (Å²) in [4.78, 5) is 4.25. The summed E-state index contributed by atoms with van der Waals surface area (Å²) in [7, 11) is 2.02. The molecule has 0 radical (unpaired) electrons. The molecule has 1 aromatic heterocycles. The molecule has 0 saturated carbocycles. The third-order valence-corrected chi connectivity index (χ3v) is 2.17. The Hall–Kier alpha value is -1.09. The zero-order valence-corrected chi connectivity index (χ0v) is 9.08. The van der Waals surface area contributed by atoms with Crippen molar-refractivity contribution in [3.8, 4) is 0 Å². The summed E-state index contributed by atoms with van der Waals surface area (Å²) in [5.41, 5.74) is 1.23. The van der Waals surface area contributed by atoms with Crippen molar-refractivity contribution in [2.45, 2.75) is 19.8 Å². The molecule has 1 rings (SSSR count). The van der Waals surface area contributed by atoms with Gasteiger partial charge in [-0.2, -0.15) is 0 Å². The summed E-state index contributed by atoms with van der Waals surface area (Å²) in [6, 6.07) is 0. The Morgan fingerprint density at radius 3 is 2.93 bits per heavy atom. The lowest BCUT2D eigenvalue weighted by molar-refractivity contribution is 0.651. The minimum atomic E-state index is 0.984. The second-order valence-corrected chi connectivity index (χ2v) is 3.66. The fourth-order valence-electron chi connectivity index (χ4n) is 1.26. The number of aryl methyl sites for hydroxylation is 1. The zero-order valence-electron chi connectivity index (χ0n) is 9.08. The highest BCUT2D eigenvalue weighted by molar-refractivity contribution is 4.92. The number of hydrogen-bond donors (Lipinski definition) is 1. The molecule has 0 fully saturated rings. The second-order valence-electron chi connectivity index (χ2n) is 3.66. The van der Waals surface area contributed by atoms with Gasteiger partial charge in [0.1, 0.15) is 5.82 Å². The molecule has 0 atom stereocenters. The predicted octanol–water partition coefficient (Wildman–Crippen LogP) is 1.52. The molecule has 3 nitrogen and oxygen atoms in total. The maximum Gasteiger partial charge on any atom is 0.109 e. The van der Waals surface area contributed by atoms with Crippen molar-refractivity contribution in [1.82, 2.24) is 14.9 Å². The molecule has 0 aliphatic carbocycles. The van der Waals surface area contributed by atoms with E-state index >= 15 is 0 Å². The molecule has 1 aromatic rings. The highest BCUT2D eigenvalue weighted by Crippen LogP contribution is 1.95. The lowest BCUT2D eigenvalue weighted by Gasteiger charge is -2.04. The van der Waals surface area contributed by atoms with E-state index in [2.05, 4.69) is 28.4 Å². The van der Waals surface area contributed by atoms with Crippen molar-refractivity contribution in [3.63, 3.8) is 0 Å². The van der Waals surface area contributed by atoms with Crippen molar-refractivity contribution >= 4 is 0 Å². The summed E-state index contributed by atoms with van der Waals surface area (Å²) < 4.78 is 2.06. The van der Waals surface area contributed by atoms with Crippen LogP contribution >= 0.6 is 0 Å². The SMILES string of the molecule is C=C(C)CCNCCc1nccn1C. The quantitative estimate of drug-likeness (QED) is 0.548. The fourth-order valence-corrected chi connectivity index (χ4v) is 1.26. The smallest absolute Gasteiger partial charge is 0.109 e. The van der Waals surface area contributed by atoms with E-state index in [9.17, 15) is 0 Å².